The summed E-state index contributed by atoms with van der Waals surface area (Å²) >= 11 is 0. The fraction of sp³-hybridized carbons (Fsp3) is 0.667. The fourth-order valence-corrected chi connectivity index (χ4v) is 2.85. The van der Waals surface area contributed by atoms with Crippen LogP contribution in [0.5, 0.6) is 0 Å². The van der Waals surface area contributed by atoms with Crippen LogP contribution in [0.1, 0.15) is 34.7 Å². The molecule has 2 heterocycles. The van der Waals surface area contributed by atoms with Crippen molar-refractivity contribution in [1.82, 2.24) is 10.6 Å². The van der Waals surface area contributed by atoms with Gasteiger partial charge in [-0.2, -0.15) is 0 Å². The van der Waals surface area contributed by atoms with E-state index in [9.17, 15) is 4.79 Å². The number of hydrogen-bond acceptors (Lipinski definition) is 4. The minimum absolute atomic E-state index is 0.0440. The largest absolute Gasteiger partial charge is 0.466 e. The number of nitrogens with one attached hydrogen (secondary N) is 2. The Kier molecular flexibility index (Phi) is 4.83. The minimum atomic E-state index is -0.0617. The molecular formula is C15H24N2O3. The lowest BCUT2D eigenvalue weighted by Gasteiger charge is -2.37. The molecule has 2 rings (SSSR count). The summed E-state index contributed by atoms with van der Waals surface area (Å²) in [6, 6.07) is 1.79. The van der Waals surface area contributed by atoms with Crippen LogP contribution in [0.15, 0.2) is 10.5 Å². The lowest BCUT2D eigenvalue weighted by atomic mass is 9.79. The Morgan fingerprint density at radius 2 is 2.15 bits per heavy atom. The molecule has 1 saturated heterocycles. The molecule has 2 N–H and O–H groups in total. The van der Waals surface area contributed by atoms with E-state index in [1.807, 2.05) is 13.8 Å². The Morgan fingerprint density at radius 1 is 1.45 bits per heavy atom. The van der Waals surface area contributed by atoms with Crippen molar-refractivity contribution in [2.75, 3.05) is 33.4 Å². The maximum atomic E-state index is 12.2. The molecule has 0 unspecified atom stereocenters. The second-order valence-electron chi connectivity index (χ2n) is 5.69. The molecule has 1 aliphatic heterocycles. The Hall–Kier alpha value is -1.33. The van der Waals surface area contributed by atoms with E-state index in [1.54, 1.807) is 13.2 Å². The predicted molar refractivity (Wildman–Crippen MR) is 76.9 cm³/mol. The molecule has 20 heavy (non-hydrogen) atoms. The van der Waals surface area contributed by atoms with Crippen LogP contribution >= 0.6 is 0 Å². The molecule has 0 radical (unpaired) electrons. The number of hydrogen-bond donors (Lipinski definition) is 2. The number of piperidine rings is 1. The molecule has 112 valence electrons. The molecule has 0 bridgehead atoms. The molecule has 1 aliphatic rings. The summed E-state index contributed by atoms with van der Waals surface area (Å²) in [5, 5.41) is 6.39. The summed E-state index contributed by atoms with van der Waals surface area (Å²) in [5.41, 5.74) is 0.673. The summed E-state index contributed by atoms with van der Waals surface area (Å²) in [7, 11) is 1.72. The van der Waals surface area contributed by atoms with E-state index >= 15 is 0 Å². The molecule has 1 aromatic rings. The van der Waals surface area contributed by atoms with E-state index in [0.29, 0.717) is 24.5 Å². The van der Waals surface area contributed by atoms with Gasteiger partial charge in [0, 0.05) is 19.1 Å². The zero-order valence-electron chi connectivity index (χ0n) is 12.5. The third kappa shape index (κ3) is 3.41. The lowest BCUT2D eigenvalue weighted by Crippen LogP contribution is -2.47. The van der Waals surface area contributed by atoms with Crippen molar-refractivity contribution in [3.8, 4) is 0 Å². The SMILES string of the molecule is COCC1(CNC(=O)c2cc(C)oc2C)CCNCC1. The number of rotatable bonds is 5. The highest BCUT2D eigenvalue weighted by atomic mass is 16.5. The number of carbonyl (C=O) groups excluding carboxylic acids is 1. The van der Waals surface area contributed by atoms with Gasteiger partial charge < -0.3 is 19.8 Å². The van der Waals surface area contributed by atoms with Crippen molar-refractivity contribution < 1.29 is 13.9 Å². The smallest absolute Gasteiger partial charge is 0.254 e. The highest BCUT2D eigenvalue weighted by Gasteiger charge is 2.32. The van der Waals surface area contributed by atoms with Gasteiger partial charge in [-0.25, -0.2) is 0 Å². The van der Waals surface area contributed by atoms with Gasteiger partial charge in [0.05, 0.1) is 12.2 Å². The molecule has 0 aromatic carbocycles. The molecule has 0 aliphatic carbocycles. The van der Waals surface area contributed by atoms with Crippen LogP contribution in [0.25, 0.3) is 0 Å². The quantitative estimate of drug-likeness (QED) is 0.860. The number of methoxy groups -OCH3 is 1. The lowest BCUT2D eigenvalue weighted by molar-refractivity contribution is 0.0511. The fourth-order valence-electron chi connectivity index (χ4n) is 2.85. The first kappa shape index (κ1) is 15.1. The Labute approximate surface area is 120 Å². The summed E-state index contributed by atoms with van der Waals surface area (Å²) in [5.74, 6) is 1.38. The molecular weight excluding hydrogens is 256 g/mol. The van der Waals surface area contributed by atoms with Crippen molar-refractivity contribution in [3.63, 3.8) is 0 Å². The third-order valence-electron chi connectivity index (χ3n) is 4.02. The number of furan rings is 1. The average molecular weight is 280 g/mol. The molecule has 1 fully saturated rings. The van der Waals surface area contributed by atoms with Gasteiger partial charge in [-0.05, 0) is 45.8 Å². The molecule has 0 atom stereocenters. The summed E-state index contributed by atoms with van der Waals surface area (Å²) in [6.07, 6.45) is 2.04. The van der Waals surface area contributed by atoms with Crippen molar-refractivity contribution in [2.45, 2.75) is 26.7 Å². The first-order valence-electron chi connectivity index (χ1n) is 7.11. The number of carbonyl (C=O) groups is 1. The van der Waals surface area contributed by atoms with Crippen LogP contribution in [0.4, 0.5) is 0 Å². The van der Waals surface area contributed by atoms with Crippen LogP contribution in [-0.4, -0.2) is 39.3 Å². The average Bonchev–Trinajstić information content (AvgIpc) is 2.77. The maximum absolute atomic E-state index is 12.2. The van der Waals surface area contributed by atoms with Crippen molar-refractivity contribution in [3.05, 3.63) is 23.2 Å². The van der Waals surface area contributed by atoms with Gasteiger partial charge in [-0.3, -0.25) is 4.79 Å². The van der Waals surface area contributed by atoms with Gasteiger partial charge in [-0.1, -0.05) is 0 Å². The van der Waals surface area contributed by atoms with Gasteiger partial charge >= 0.3 is 0 Å². The molecule has 5 nitrogen and oxygen atoms in total. The molecule has 0 spiro atoms. The van der Waals surface area contributed by atoms with Crippen LogP contribution < -0.4 is 10.6 Å². The summed E-state index contributed by atoms with van der Waals surface area (Å²) in [6.45, 7) is 6.94. The van der Waals surface area contributed by atoms with Crippen LogP contribution in [0.2, 0.25) is 0 Å². The van der Waals surface area contributed by atoms with E-state index in [-0.39, 0.29) is 11.3 Å². The van der Waals surface area contributed by atoms with Crippen LogP contribution in [0.3, 0.4) is 0 Å². The van der Waals surface area contributed by atoms with E-state index < -0.39 is 0 Å². The number of amides is 1. The zero-order valence-corrected chi connectivity index (χ0v) is 12.5. The topological polar surface area (TPSA) is 63.5 Å². The monoisotopic (exact) mass is 280 g/mol. The second-order valence-corrected chi connectivity index (χ2v) is 5.69. The molecule has 1 amide bonds. The maximum Gasteiger partial charge on any atom is 0.254 e. The minimum Gasteiger partial charge on any atom is -0.466 e. The highest BCUT2D eigenvalue weighted by Crippen LogP contribution is 2.28. The molecule has 1 aromatic heterocycles. The third-order valence-corrected chi connectivity index (χ3v) is 4.02. The van der Waals surface area contributed by atoms with Gasteiger partial charge in [0.1, 0.15) is 11.5 Å². The predicted octanol–water partition coefficient (Wildman–Crippen LogP) is 1.64. The summed E-state index contributed by atoms with van der Waals surface area (Å²) < 4.78 is 10.8. The van der Waals surface area contributed by atoms with E-state index in [1.165, 1.54) is 0 Å². The van der Waals surface area contributed by atoms with E-state index in [2.05, 4.69) is 10.6 Å². The van der Waals surface area contributed by atoms with Crippen molar-refractivity contribution in [2.24, 2.45) is 5.41 Å². The van der Waals surface area contributed by atoms with Crippen molar-refractivity contribution in [1.29, 1.82) is 0 Å². The Bertz CT molecular complexity index is 456. The number of ether oxygens (including phenoxy) is 1. The van der Waals surface area contributed by atoms with E-state index in [0.717, 1.165) is 31.7 Å². The van der Waals surface area contributed by atoms with Crippen molar-refractivity contribution >= 4 is 5.91 Å². The normalized spacial score (nSPS) is 17.9. The van der Waals surface area contributed by atoms with Gasteiger partial charge in [0.2, 0.25) is 0 Å². The zero-order chi connectivity index (χ0) is 14.6. The van der Waals surface area contributed by atoms with E-state index in [4.69, 9.17) is 9.15 Å². The summed E-state index contributed by atoms with van der Waals surface area (Å²) in [4.78, 5) is 12.2. The van der Waals surface area contributed by atoms with Gasteiger partial charge in [0.25, 0.3) is 5.91 Å². The van der Waals surface area contributed by atoms with Gasteiger partial charge in [0.15, 0.2) is 0 Å². The first-order chi connectivity index (χ1) is 9.56. The molecule has 0 saturated carbocycles. The first-order valence-corrected chi connectivity index (χ1v) is 7.11. The van der Waals surface area contributed by atoms with Gasteiger partial charge in [-0.15, -0.1) is 0 Å². The number of aryl methyl sites for hydroxylation is 2. The van der Waals surface area contributed by atoms with Crippen LogP contribution in [0, 0.1) is 19.3 Å². The Morgan fingerprint density at radius 3 is 2.70 bits per heavy atom. The standard InChI is InChI=1S/C15H24N2O3/c1-11-8-13(12(2)20-11)14(18)17-9-15(10-19-3)4-6-16-7-5-15/h8,16H,4-7,9-10H2,1-3H3,(H,17,18). The Balaban J connectivity index is 1.98. The molecule has 5 heteroatoms. The van der Waals surface area contributed by atoms with Crippen LogP contribution in [-0.2, 0) is 4.74 Å². The highest BCUT2D eigenvalue weighted by molar-refractivity contribution is 5.95. The second kappa shape index (κ2) is 6.41.